The second-order valence-corrected chi connectivity index (χ2v) is 2.98. The molecule has 78 valence electrons. The topological polar surface area (TPSA) is 59.2 Å². The van der Waals surface area contributed by atoms with Crippen molar-refractivity contribution in [3.05, 3.63) is 11.7 Å². The van der Waals surface area contributed by atoms with Gasteiger partial charge in [-0.1, -0.05) is 5.16 Å². The Hall–Kier alpha value is -1.39. The first kappa shape index (κ1) is 10.7. The molecule has 0 bridgehead atoms. The Morgan fingerprint density at radius 3 is 2.50 bits per heavy atom. The van der Waals surface area contributed by atoms with E-state index in [1.54, 1.807) is 11.8 Å². The molecule has 0 fully saturated rings. The number of hydrogen-bond donors (Lipinski definition) is 0. The molecule has 1 heterocycles. The van der Waals surface area contributed by atoms with Gasteiger partial charge in [-0.05, 0) is 20.8 Å². The molecule has 1 amide bonds. The largest absolute Gasteiger partial charge is 0.343 e. The van der Waals surface area contributed by atoms with Crippen LogP contribution in [0.5, 0.6) is 0 Å². The van der Waals surface area contributed by atoms with Gasteiger partial charge in [-0.3, -0.25) is 4.79 Å². The Labute approximate surface area is 83.1 Å². The summed E-state index contributed by atoms with van der Waals surface area (Å²) in [7, 11) is 0. The summed E-state index contributed by atoms with van der Waals surface area (Å²) in [6.45, 7) is 7.04. The van der Waals surface area contributed by atoms with E-state index in [1.165, 1.54) is 0 Å². The van der Waals surface area contributed by atoms with Crippen LogP contribution in [0.15, 0.2) is 4.52 Å². The van der Waals surface area contributed by atoms with E-state index in [9.17, 15) is 4.79 Å². The molecule has 0 spiro atoms. The highest BCUT2D eigenvalue weighted by atomic mass is 16.5. The number of likely N-dealkylation sites (N-methyl/N-ethyl adjacent to an activating group) is 1. The molecule has 5 nitrogen and oxygen atoms in total. The highest BCUT2D eigenvalue weighted by molar-refractivity contribution is 5.77. The van der Waals surface area contributed by atoms with Crippen LogP contribution in [0.2, 0.25) is 0 Å². The van der Waals surface area contributed by atoms with E-state index < -0.39 is 0 Å². The third kappa shape index (κ3) is 2.55. The predicted octanol–water partition coefficient (Wildman–Crippen LogP) is 0.789. The molecule has 1 aromatic rings. The molecule has 0 saturated carbocycles. The van der Waals surface area contributed by atoms with E-state index in [0.29, 0.717) is 24.8 Å². The Balaban J connectivity index is 2.56. The van der Waals surface area contributed by atoms with Crippen LogP contribution in [-0.2, 0) is 11.2 Å². The average Bonchev–Trinajstić information content (AvgIpc) is 2.53. The number of aromatic nitrogens is 2. The molecule has 5 heteroatoms. The quantitative estimate of drug-likeness (QED) is 0.716. The van der Waals surface area contributed by atoms with Crippen LogP contribution in [0.1, 0.15) is 25.6 Å². The zero-order chi connectivity index (χ0) is 10.6. The summed E-state index contributed by atoms with van der Waals surface area (Å²) in [5.41, 5.74) is 0. The maximum atomic E-state index is 11.6. The number of carbonyl (C=O) groups is 1. The Kier molecular flexibility index (Phi) is 3.62. The van der Waals surface area contributed by atoms with Gasteiger partial charge in [-0.25, -0.2) is 0 Å². The molecule has 0 aliphatic carbocycles. The Morgan fingerprint density at radius 2 is 2.07 bits per heavy atom. The molecule has 0 N–H and O–H groups in total. The lowest BCUT2D eigenvalue weighted by Crippen LogP contribution is -2.31. The minimum Gasteiger partial charge on any atom is -0.343 e. The first-order valence-corrected chi connectivity index (χ1v) is 4.74. The number of rotatable bonds is 4. The second-order valence-electron chi connectivity index (χ2n) is 2.98. The molecule has 1 aromatic heterocycles. The lowest BCUT2D eigenvalue weighted by atomic mass is 10.3. The van der Waals surface area contributed by atoms with E-state index in [-0.39, 0.29) is 12.3 Å². The van der Waals surface area contributed by atoms with Gasteiger partial charge in [0.15, 0.2) is 5.82 Å². The summed E-state index contributed by atoms with van der Waals surface area (Å²) in [4.78, 5) is 17.3. The average molecular weight is 197 g/mol. The van der Waals surface area contributed by atoms with Crippen molar-refractivity contribution in [2.24, 2.45) is 0 Å². The van der Waals surface area contributed by atoms with Crippen LogP contribution in [0, 0.1) is 6.92 Å². The monoisotopic (exact) mass is 197 g/mol. The summed E-state index contributed by atoms with van der Waals surface area (Å²) in [6.07, 6.45) is 0.197. The lowest BCUT2D eigenvalue weighted by Gasteiger charge is -2.17. The van der Waals surface area contributed by atoms with Crippen LogP contribution in [0.4, 0.5) is 0 Å². The third-order valence-corrected chi connectivity index (χ3v) is 1.99. The molecule has 0 aliphatic heterocycles. The normalized spacial score (nSPS) is 10.2. The third-order valence-electron chi connectivity index (χ3n) is 1.99. The van der Waals surface area contributed by atoms with Gasteiger partial charge < -0.3 is 9.42 Å². The van der Waals surface area contributed by atoms with Gasteiger partial charge in [-0.15, -0.1) is 0 Å². The fraction of sp³-hybridized carbons (Fsp3) is 0.667. The number of amides is 1. The van der Waals surface area contributed by atoms with Crippen LogP contribution in [0.3, 0.4) is 0 Å². The summed E-state index contributed by atoms with van der Waals surface area (Å²) in [5, 5.41) is 3.62. The second kappa shape index (κ2) is 4.74. The molecule has 14 heavy (non-hydrogen) atoms. The van der Waals surface area contributed by atoms with E-state index in [1.807, 2.05) is 13.8 Å². The molecule has 1 rings (SSSR count). The lowest BCUT2D eigenvalue weighted by molar-refractivity contribution is -0.130. The smallest absolute Gasteiger partial charge is 0.236 e. The molecular formula is C9H15N3O2. The standard InChI is InChI=1S/C9H15N3O2/c1-4-12(5-2)9(13)6-8-10-7(3)11-14-8/h4-6H2,1-3H3. The molecule has 0 aliphatic rings. The van der Waals surface area contributed by atoms with Crippen LogP contribution in [0.25, 0.3) is 0 Å². The van der Waals surface area contributed by atoms with Crippen molar-refractivity contribution in [2.75, 3.05) is 13.1 Å². The van der Waals surface area contributed by atoms with Crippen LogP contribution >= 0.6 is 0 Å². The van der Waals surface area contributed by atoms with Crippen molar-refractivity contribution in [1.82, 2.24) is 15.0 Å². The van der Waals surface area contributed by atoms with Crippen molar-refractivity contribution < 1.29 is 9.32 Å². The van der Waals surface area contributed by atoms with Gasteiger partial charge in [0.1, 0.15) is 6.42 Å². The van der Waals surface area contributed by atoms with E-state index in [2.05, 4.69) is 10.1 Å². The van der Waals surface area contributed by atoms with Gasteiger partial charge in [0.25, 0.3) is 0 Å². The van der Waals surface area contributed by atoms with Crippen molar-refractivity contribution in [3.63, 3.8) is 0 Å². The summed E-state index contributed by atoms with van der Waals surface area (Å²) in [6, 6.07) is 0. The number of aryl methyl sites for hydroxylation is 1. The zero-order valence-electron chi connectivity index (χ0n) is 8.78. The van der Waals surface area contributed by atoms with Gasteiger partial charge in [0, 0.05) is 13.1 Å². The first-order chi connectivity index (χ1) is 6.67. The first-order valence-electron chi connectivity index (χ1n) is 4.74. The number of nitrogens with zero attached hydrogens (tertiary/aromatic N) is 3. The fourth-order valence-corrected chi connectivity index (χ4v) is 1.23. The predicted molar refractivity (Wildman–Crippen MR) is 50.7 cm³/mol. The van der Waals surface area contributed by atoms with E-state index in [0.717, 1.165) is 0 Å². The van der Waals surface area contributed by atoms with Crippen molar-refractivity contribution in [1.29, 1.82) is 0 Å². The zero-order valence-corrected chi connectivity index (χ0v) is 8.78. The number of carbonyl (C=O) groups excluding carboxylic acids is 1. The minimum absolute atomic E-state index is 0.0265. The van der Waals surface area contributed by atoms with E-state index in [4.69, 9.17) is 4.52 Å². The summed E-state index contributed by atoms with van der Waals surface area (Å²) >= 11 is 0. The molecule has 0 aromatic carbocycles. The molecule has 0 unspecified atom stereocenters. The summed E-state index contributed by atoms with van der Waals surface area (Å²) in [5.74, 6) is 0.977. The SMILES string of the molecule is CCN(CC)C(=O)Cc1nc(C)no1. The Morgan fingerprint density at radius 1 is 1.43 bits per heavy atom. The van der Waals surface area contributed by atoms with Gasteiger partial charge in [-0.2, -0.15) is 4.98 Å². The molecule has 0 radical (unpaired) electrons. The van der Waals surface area contributed by atoms with Gasteiger partial charge >= 0.3 is 0 Å². The maximum absolute atomic E-state index is 11.6. The highest BCUT2D eigenvalue weighted by Crippen LogP contribution is 2.00. The van der Waals surface area contributed by atoms with Crippen LogP contribution in [-0.4, -0.2) is 34.0 Å². The van der Waals surface area contributed by atoms with Gasteiger partial charge in [0.05, 0.1) is 0 Å². The minimum atomic E-state index is 0.0265. The highest BCUT2D eigenvalue weighted by Gasteiger charge is 2.14. The fourth-order valence-electron chi connectivity index (χ4n) is 1.23. The number of hydrogen-bond acceptors (Lipinski definition) is 4. The molecule has 0 atom stereocenters. The van der Waals surface area contributed by atoms with Gasteiger partial charge in [0.2, 0.25) is 11.8 Å². The van der Waals surface area contributed by atoms with E-state index >= 15 is 0 Å². The maximum Gasteiger partial charge on any atom is 0.236 e. The molecular weight excluding hydrogens is 182 g/mol. The molecule has 0 saturated heterocycles. The van der Waals surface area contributed by atoms with Crippen molar-refractivity contribution in [2.45, 2.75) is 27.2 Å². The Bertz CT molecular complexity index is 305. The van der Waals surface area contributed by atoms with Crippen LogP contribution < -0.4 is 0 Å². The summed E-state index contributed by atoms with van der Waals surface area (Å²) < 4.78 is 4.87. The van der Waals surface area contributed by atoms with Crippen molar-refractivity contribution in [3.8, 4) is 0 Å². The van der Waals surface area contributed by atoms with Crippen molar-refractivity contribution >= 4 is 5.91 Å².